The Hall–Kier alpha value is -2.87. The van der Waals surface area contributed by atoms with Gasteiger partial charge < -0.3 is 0 Å². The largest absolute Gasteiger partial charge is 0.416 e. The van der Waals surface area contributed by atoms with E-state index < -0.39 is 17.0 Å². The van der Waals surface area contributed by atoms with Gasteiger partial charge in [-0.1, -0.05) is 36.4 Å². The maximum Gasteiger partial charge on any atom is 0.416 e. The van der Waals surface area contributed by atoms with E-state index >= 15 is 0 Å². The van der Waals surface area contributed by atoms with Crippen LogP contribution in [-0.4, -0.2) is 28.1 Å². The second-order valence-electron chi connectivity index (χ2n) is 7.03. The Morgan fingerprint density at radius 1 is 1.03 bits per heavy atom. The predicted molar refractivity (Wildman–Crippen MR) is 109 cm³/mol. The zero-order valence-electron chi connectivity index (χ0n) is 15.9. The summed E-state index contributed by atoms with van der Waals surface area (Å²) in [6.07, 6.45) is -4.11. The standard InChI is InChI=1S/C22H17F3N2O2S/c1-27-20(28)19(30-21(27)29)15-12-14-7-3-5-9-17(14)26-18(15)11-10-13-6-2-4-8-16(13)22(23,24)25/h2-9,12,19H,10-11H2,1H3. The van der Waals surface area contributed by atoms with Gasteiger partial charge in [0, 0.05) is 18.1 Å². The molecule has 2 heterocycles. The molecule has 0 bridgehead atoms. The number of amides is 2. The number of hydrogen-bond donors (Lipinski definition) is 0. The maximum absolute atomic E-state index is 13.3. The van der Waals surface area contributed by atoms with E-state index in [1.807, 2.05) is 30.3 Å². The van der Waals surface area contributed by atoms with Crippen molar-refractivity contribution in [2.24, 2.45) is 0 Å². The maximum atomic E-state index is 13.3. The van der Waals surface area contributed by atoms with Gasteiger partial charge in [-0.15, -0.1) is 0 Å². The molecule has 2 aromatic carbocycles. The Morgan fingerprint density at radius 3 is 2.43 bits per heavy atom. The van der Waals surface area contributed by atoms with Crippen LogP contribution in [0.3, 0.4) is 0 Å². The van der Waals surface area contributed by atoms with Crippen molar-refractivity contribution in [2.45, 2.75) is 24.3 Å². The molecule has 0 spiro atoms. The molecule has 0 radical (unpaired) electrons. The van der Waals surface area contributed by atoms with E-state index in [9.17, 15) is 22.8 Å². The molecular formula is C22H17F3N2O2S. The fourth-order valence-corrected chi connectivity index (χ4v) is 4.60. The minimum absolute atomic E-state index is 0.114. The van der Waals surface area contributed by atoms with E-state index in [4.69, 9.17) is 0 Å². The minimum Gasteiger partial charge on any atom is -0.275 e. The first-order chi connectivity index (χ1) is 14.3. The summed E-state index contributed by atoms with van der Waals surface area (Å²) in [6, 6.07) is 14.6. The van der Waals surface area contributed by atoms with Gasteiger partial charge in [-0.3, -0.25) is 19.5 Å². The van der Waals surface area contributed by atoms with Crippen molar-refractivity contribution in [1.82, 2.24) is 9.88 Å². The van der Waals surface area contributed by atoms with Gasteiger partial charge in [0.25, 0.3) is 5.24 Å². The van der Waals surface area contributed by atoms with Crippen molar-refractivity contribution in [3.63, 3.8) is 0 Å². The lowest BCUT2D eigenvalue weighted by Crippen LogP contribution is -2.24. The van der Waals surface area contributed by atoms with E-state index in [2.05, 4.69) is 4.98 Å². The van der Waals surface area contributed by atoms with E-state index in [0.29, 0.717) is 16.8 Å². The van der Waals surface area contributed by atoms with Crippen LogP contribution in [0.2, 0.25) is 0 Å². The first-order valence-electron chi connectivity index (χ1n) is 9.27. The van der Waals surface area contributed by atoms with Crippen molar-refractivity contribution < 1.29 is 22.8 Å². The third-order valence-electron chi connectivity index (χ3n) is 5.12. The second-order valence-corrected chi connectivity index (χ2v) is 8.09. The number of rotatable bonds is 4. The van der Waals surface area contributed by atoms with Crippen molar-refractivity contribution in [2.75, 3.05) is 7.05 Å². The molecule has 2 amide bonds. The molecule has 1 fully saturated rings. The number of para-hydroxylation sites is 1. The number of aromatic nitrogens is 1. The summed E-state index contributed by atoms with van der Waals surface area (Å²) in [5.74, 6) is -0.348. The number of carbonyl (C=O) groups excluding carboxylic acids is 2. The lowest BCUT2D eigenvalue weighted by molar-refractivity contribution is -0.138. The molecule has 1 atom stereocenters. The lowest BCUT2D eigenvalue weighted by atomic mass is 9.97. The van der Waals surface area contributed by atoms with Crippen LogP contribution in [0.4, 0.5) is 18.0 Å². The van der Waals surface area contributed by atoms with Crippen LogP contribution in [0.5, 0.6) is 0 Å². The highest BCUT2D eigenvalue weighted by Crippen LogP contribution is 2.41. The Morgan fingerprint density at radius 2 is 1.73 bits per heavy atom. The van der Waals surface area contributed by atoms with Crippen LogP contribution in [0, 0.1) is 0 Å². The summed E-state index contributed by atoms with van der Waals surface area (Å²) in [5.41, 5.74) is 1.29. The van der Waals surface area contributed by atoms with Gasteiger partial charge in [0.1, 0.15) is 5.25 Å². The van der Waals surface area contributed by atoms with Crippen LogP contribution in [-0.2, 0) is 23.8 Å². The quantitative estimate of drug-likeness (QED) is 0.556. The number of imide groups is 1. The van der Waals surface area contributed by atoms with Crippen molar-refractivity contribution in [1.29, 1.82) is 0 Å². The topological polar surface area (TPSA) is 50.3 Å². The summed E-state index contributed by atoms with van der Waals surface area (Å²) < 4.78 is 40.0. The Labute approximate surface area is 175 Å². The number of hydrogen-bond acceptors (Lipinski definition) is 4. The SMILES string of the molecule is CN1C(=O)SC(c2cc3ccccc3nc2CCc2ccccc2C(F)(F)F)C1=O. The van der Waals surface area contributed by atoms with Crippen molar-refractivity contribution in [3.8, 4) is 0 Å². The number of likely N-dealkylation sites (N-methyl/N-ethyl adjacent to an activating group) is 1. The summed E-state index contributed by atoms with van der Waals surface area (Å²) >= 11 is 0.904. The molecule has 8 heteroatoms. The van der Waals surface area contributed by atoms with E-state index in [0.717, 1.165) is 28.1 Å². The number of nitrogens with zero attached hydrogens (tertiary/aromatic N) is 2. The smallest absolute Gasteiger partial charge is 0.275 e. The average Bonchev–Trinajstić information content (AvgIpc) is 2.98. The molecule has 4 rings (SSSR count). The molecule has 0 saturated carbocycles. The van der Waals surface area contributed by atoms with Crippen molar-refractivity contribution in [3.05, 3.63) is 77.0 Å². The predicted octanol–water partition coefficient (Wildman–Crippen LogP) is 5.41. The molecular weight excluding hydrogens is 413 g/mol. The monoisotopic (exact) mass is 430 g/mol. The van der Waals surface area contributed by atoms with E-state index in [1.165, 1.54) is 19.2 Å². The first kappa shape index (κ1) is 20.4. The molecule has 1 aliphatic rings. The third kappa shape index (κ3) is 3.79. The number of benzene rings is 2. The van der Waals surface area contributed by atoms with E-state index in [-0.39, 0.29) is 29.6 Å². The Balaban J connectivity index is 1.74. The zero-order chi connectivity index (χ0) is 21.5. The van der Waals surface area contributed by atoms with E-state index in [1.54, 1.807) is 6.07 Å². The summed E-state index contributed by atoms with van der Waals surface area (Å²) in [6.45, 7) is 0. The zero-order valence-corrected chi connectivity index (χ0v) is 16.8. The number of halogens is 3. The number of carbonyl (C=O) groups is 2. The number of fused-ring (bicyclic) bond motifs is 1. The molecule has 1 aliphatic heterocycles. The third-order valence-corrected chi connectivity index (χ3v) is 6.29. The van der Waals surface area contributed by atoms with Gasteiger partial charge in [-0.25, -0.2) is 0 Å². The molecule has 154 valence electrons. The number of aryl methyl sites for hydroxylation is 2. The van der Waals surface area contributed by atoms with Gasteiger partial charge in [0.05, 0.1) is 11.1 Å². The molecule has 0 N–H and O–H groups in total. The number of thioether (sulfide) groups is 1. The van der Waals surface area contributed by atoms with Gasteiger partial charge in [0.2, 0.25) is 5.91 Å². The van der Waals surface area contributed by atoms with Crippen LogP contribution in [0.1, 0.15) is 27.6 Å². The molecule has 30 heavy (non-hydrogen) atoms. The molecule has 1 aromatic heterocycles. The highest BCUT2D eigenvalue weighted by Gasteiger charge is 2.40. The molecule has 4 nitrogen and oxygen atoms in total. The van der Waals surface area contributed by atoms with Crippen LogP contribution < -0.4 is 0 Å². The van der Waals surface area contributed by atoms with Gasteiger partial charge in [0.15, 0.2) is 0 Å². The fraction of sp³-hybridized carbons (Fsp3) is 0.227. The van der Waals surface area contributed by atoms with Gasteiger partial charge in [-0.2, -0.15) is 13.2 Å². The highest BCUT2D eigenvalue weighted by atomic mass is 32.2. The number of pyridine rings is 1. The van der Waals surface area contributed by atoms with Crippen LogP contribution in [0.25, 0.3) is 10.9 Å². The molecule has 1 saturated heterocycles. The van der Waals surface area contributed by atoms with Crippen LogP contribution >= 0.6 is 11.8 Å². The highest BCUT2D eigenvalue weighted by molar-refractivity contribution is 8.14. The summed E-state index contributed by atoms with van der Waals surface area (Å²) in [7, 11) is 1.42. The summed E-state index contributed by atoms with van der Waals surface area (Å²) in [4.78, 5) is 30.3. The Bertz CT molecular complexity index is 1150. The second kappa shape index (κ2) is 7.75. The fourth-order valence-electron chi connectivity index (χ4n) is 3.56. The van der Waals surface area contributed by atoms with Crippen LogP contribution in [0.15, 0.2) is 54.6 Å². The lowest BCUT2D eigenvalue weighted by Gasteiger charge is -2.16. The molecule has 1 unspecified atom stereocenters. The normalized spacial score (nSPS) is 17.2. The van der Waals surface area contributed by atoms with Crippen molar-refractivity contribution >= 4 is 33.8 Å². The van der Waals surface area contributed by atoms with Gasteiger partial charge in [-0.05, 0) is 53.9 Å². The Kier molecular flexibility index (Phi) is 5.27. The average molecular weight is 430 g/mol. The summed E-state index contributed by atoms with van der Waals surface area (Å²) in [5, 5.41) is -0.290. The number of alkyl halides is 3. The molecule has 0 aliphatic carbocycles. The molecule has 3 aromatic rings. The minimum atomic E-state index is -4.44. The van der Waals surface area contributed by atoms with Gasteiger partial charge >= 0.3 is 6.18 Å². The first-order valence-corrected chi connectivity index (χ1v) is 10.2.